The van der Waals surface area contributed by atoms with Gasteiger partial charge in [0.25, 0.3) is 0 Å². The standard InChI is InChI=1S/C9H16O/c1-4-6-7-9(10)8(3)5-2/h5H,4,6-7H2,1-3H3. The molecule has 0 unspecified atom stereocenters. The smallest absolute Gasteiger partial charge is 0.158 e. The van der Waals surface area contributed by atoms with Crippen LogP contribution in [0, 0.1) is 0 Å². The van der Waals surface area contributed by atoms with Gasteiger partial charge in [-0.15, -0.1) is 0 Å². The molecule has 0 radical (unpaired) electrons. The van der Waals surface area contributed by atoms with Gasteiger partial charge in [0.15, 0.2) is 5.78 Å². The van der Waals surface area contributed by atoms with Crippen molar-refractivity contribution in [3.8, 4) is 0 Å². The summed E-state index contributed by atoms with van der Waals surface area (Å²) in [4.78, 5) is 11.1. The number of hydrogen-bond donors (Lipinski definition) is 0. The first-order valence-electron chi connectivity index (χ1n) is 3.88. The van der Waals surface area contributed by atoms with Crippen LogP contribution in [0.5, 0.6) is 0 Å². The highest BCUT2D eigenvalue weighted by Gasteiger charge is 2.00. The van der Waals surface area contributed by atoms with Gasteiger partial charge < -0.3 is 0 Å². The molecule has 0 spiro atoms. The minimum Gasteiger partial charge on any atom is -0.295 e. The average molecular weight is 140 g/mol. The van der Waals surface area contributed by atoms with E-state index in [0.29, 0.717) is 12.2 Å². The van der Waals surface area contributed by atoms with Crippen LogP contribution in [0.1, 0.15) is 40.0 Å². The number of unbranched alkanes of at least 4 members (excludes halogenated alkanes) is 1. The van der Waals surface area contributed by atoms with E-state index in [-0.39, 0.29) is 0 Å². The van der Waals surface area contributed by atoms with Crippen molar-refractivity contribution in [3.05, 3.63) is 11.6 Å². The van der Waals surface area contributed by atoms with E-state index in [2.05, 4.69) is 6.92 Å². The Morgan fingerprint density at radius 2 is 2.10 bits per heavy atom. The first kappa shape index (κ1) is 9.41. The molecule has 0 aliphatic rings. The quantitative estimate of drug-likeness (QED) is 0.549. The zero-order chi connectivity index (χ0) is 7.98. The summed E-state index contributed by atoms with van der Waals surface area (Å²) in [5.41, 5.74) is 0.897. The Balaban J connectivity index is 3.63. The second-order valence-corrected chi connectivity index (χ2v) is 2.50. The second-order valence-electron chi connectivity index (χ2n) is 2.50. The van der Waals surface area contributed by atoms with Gasteiger partial charge in [0, 0.05) is 6.42 Å². The highest BCUT2D eigenvalue weighted by Crippen LogP contribution is 2.02. The molecule has 0 aliphatic carbocycles. The Labute approximate surface area is 63.1 Å². The van der Waals surface area contributed by atoms with Gasteiger partial charge in [0.2, 0.25) is 0 Å². The number of rotatable bonds is 4. The van der Waals surface area contributed by atoms with Crippen molar-refractivity contribution in [1.82, 2.24) is 0 Å². The van der Waals surface area contributed by atoms with E-state index in [4.69, 9.17) is 0 Å². The topological polar surface area (TPSA) is 17.1 Å². The molecule has 0 fully saturated rings. The SMILES string of the molecule is CC=C(C)C(=O)CCCC. The van der Waals surface area contributed by atoms with Crippen molar-refractivity contribution in [2.24, 2.45) is 0 Å². The van der Waals surface area contributed by atoms with Gasteiger partial charge >= 0.3 is 0 Å². The maximum Gasteiger partial charge on any atom is 0.158 e. The van der Waals surface area contributed by atoms with E-state index in [0.717, 1.165) is 18.4 Å². The molecular formula is C9H16O. The summed E-state index contributed by atoms with van der Waals surface area (Å²) in [5, 5.41) is 0. The molecule has 0 saturated heterocycles. The molecule has 0 aromatic rings. The van der Waals surface area contributed by atoms with Crippen molar-refractivity contribution in [2.45, 2.75) is 40.0 Å². The van der Waals surface area contributed by atoms with E-state index in [9.17, 15) is 4.79 Å². The molecule has 1 nitrogen and oxygen atoms in total. The molecule has 0 amide bonds. The van der Waals surface area contributed by atoms with Crippen molar-refractivity contribution in [3.63, 3.8) is 0 Å². The van der Waals surface area contributed by atoms with Crippen molar-refractivity contribution < 1.29 is 4.79 Å². The van der Waals surface area contributed by atoms with Crippen LogP contribution >= 0.6 is 0 Å². The predicted molar refractivity (Wildman–Crippen MR) is 44.0 cm³/mol. The van der Waals surface area contributed by atoms with Crippen LogP contribution in [0.4, 0.5) is 0 Å². The highest BCUT2D eigenvalue weighted by molar-refractivity contribution is 5.94. The lowest BCUT2D eigenvalue weighted by molar-refractivity contribution is -0.115. The molecule has 0 aromatic heterocycles. The summed E-state index contributed by atoms with van der Waals surface area (Å²) in [7, 11) is 0. The first-order valence-corrected chi connectivity index (χ1v) is 3.88. The molecule has 0 atom stereocenters. The minimum atomic E-state index is 0.296. The predicted octanol–water partition coefficient (Wildman–Crippen LogP) is 2.71. The molecule has 0 aromatic carbocycles. The summed E-state index contributed by atoms with van der Waals surface area (Å²) in [6.45, 7) is 5.87. The van der Waals surface area contributed by atoms with E-state index in [1.54, 1.807) is 0 Å². The lowest BCUT2D eigenvalue weighted by Gasteiger charge is -1.96. The summed E-state index contributed by atoms with van der Waals surface area (Å²) < 4.78 is 0. The lowest BCUT2D eigenvalue weighted by Crippen LogP contribution is -1.97. The highest BCUT2D eigenvalue weighted by atomic mass is 16.1. The number of allylic oxidation sites excluding steroid dienone is 2. The zero-order valence-electron chi connectivity index (χ0n) is 7.11. The third-order valence-electron chi connectivity index (χ3n) is 1.63. The number of hydrogen-bond acceptors (Lipinski definition) is 1. The maximum atomic E-state index is 11.1. The number of carbonyl (C=O) groups is 1. The van der Waals surface area contributed by atoms with Gasteiger partial charge in [0.05, 0.1) is 0 Å². The fourth-order valence-corrected chi connectivity index (χ4v) is 0.695. The number of carbonyl (C=O) groups excluding carboxylic acids is 1. The molecule has 0 heterocycles. The second kappa shape index (κ2) is 5.21. The van der Waals surface area contributed by atoms with Crippen molar-refractivity contribution >= 4 is 5.78 Å². The first-order chi connectivity index (χ1) is 4.72. The van der Waals surface area contributed by atoms with Gasteiger partial charge in [-0.1, -0.05) is 19.4 Å². The Bertz CT molecular complexity index is 134. The van der Waals surface area contributed by atoms with Crippen LogP contribution in [-0.2, 0) is 4.79 Å². The minimum absolute atomic E-state index is 0.296. The molecule has 0 aliphatic heterocycles. The van der Waals surface area contributed by atoms with Crippen LogP contribution in [0.25, 0.3) is 0 Å². The molecule has 1 heteroatoms. The van der Waals surface area contributed by atoms with Gasteiger partial charge in [-0.3, -0.25) is 4.79 Å². The van der Waals surface area contributed by atoms with Crippen molar-refractivity contribution in [2.75, 3.05) is 0 Å². The molecule has 0 bridgehead atoms. The van der Waals surface area contributed by atoms with Gasteiger partial charge in [-0.05, 0) is 25.8 Å². The van der Waals surface area contributed by atoms with Gasteiger partial charge in [0.1, 0.15) is 0 Å². The number of Topliss-reactive ketones (excluding diaryl/α,β-unsaturated/α-hetero) is 1. The molecule has 0 saturated carbocycles. The normalized spacial score (nSPS) is 11.7. The maximum absolute atomic E-state index is 11.1. The molecule has 10 heavy (non-hydrogen) atoms. The molecule has 58 valence electrons. The fraction of sp³-hybridized carbons (Fsp3) is 0.667. The van der Waals surface area contributed by atoms with Crippen LogP contribution in [0.3, 0.4) is 0 Å². The fourth-order valence-electron chi connectivity index (χ4n) is 0.695. The molecule has 0 N–H and O–H groups in total. The third-order valence-corrected chi connectivity index (χ3v) is 1.63. The van der Waals surface area contributed by atoms with Gasteiger partial charge in [-0.2, -0.15) is 0 Å². The molecular weight excluding hydrogens is 124 g/mol. The largest absolute Gasteiger partial charge is 0.295 e. The summed E-state index contributed by atoms with van der Waals surface area (Å²) >= 11 is 0. The Hall–Kier alpha value is -0.590. The monoisotopic (exact) mass is 140 g/mol. The van der Waals surface area contributed by atoms with Gasteiger partial charge in [-0.25, -0.2) is 0 Å². The van der Waals surface area contributed by atoms with E-state index >= 15 is 0 Å². The van der Waals surface area contributed by atoms with Crippen LogP contribution in [0.15, 0.2) is 11.6 Å². The summed E-state index contributed by atoms with van der Waals surface area (Å²) in [6.07, 6.45) is 4.71. The average Bonchev–Trinajstić information content (AvgIpc) is 1.98. The summed E-state index contributed by atoms with van der Waals surface area (Å²) in [6, 6.07) is 0. The van der Waals surface area contributed by atoms with Crippen LogP contribution in [0.2, 0.25) is 0 Å². The zero-order valence-corrected chi connectivity index (χ0v) is 7.11. The third kappa shape index (κ3) is 3.44. The Morgan fingerprint density at radius 3 is 2.50 bits per heavy atom. The Morgan fingerprint density at radius 1 is 1.50 bits per heavy atom. The Kier molecular flexibility index (Phi) is 4.91. The van der Waals surface area contributed by atoms with E-state index in [1.807, 2.05) is 19.9 Å². The van der Waals surface area contributed by atoms with E-state index in [1.165, 1.54) is 0 Å². The summed E-state index contributed by atoms with van der Waals surface area (Å²) in [5.74, 6) is 0.296. The van der Waals surface area contributed by atoms with Crippen LogP contribution in [-0.4, -0.2) is 5.78 Å². The lowest BCUT2D eigenvalue weighted by atomic mass is 10.1. The molecule has 0 rings (SSSR count). The van der Waals surface area contributed by atoms with Crippen molar-refractivity contribution in [1.29, 1.82) is 0 Å². The number of ketones is 1. The van der Waals surface area contributed by atoms with Crippen LogP contribution < -0.4 is 0 Å². The van der Waals surface area contributed by atoms with E-state index < -0.39 is 0 Å².